The van der Waals surface area contributed by atoms with Crippen LogP contribution in [-0.2, 0) is 10.2 Å². The summed E-state index contributed by atoms with van der Waals surface area (Å²) in [6.45, 7) is 2.90. The number of ether oxygens (including phenoxy) is 1. The third kappa shape index (κ3) is 3.90. The number of nitrogens with zero attached hydrogens (tertiary/aromatic N) is 5. The van der Waals surface area contributed by atoms with Gasteiger partial charge in [0.25, 0.3) is 5.91 Å². The smallest absolute Gasteiger partial charge is 0.272 e. The van der Waals surface area contributed by atoms with E-state index in [1.807, 2.05) is 4.90 Å². The molecule has 0 spiro atoms. The molecular weight excluding hydrogens is 370 g/mol. The molecule has 0 bridgehead atoms. The maximum atomic E-state index is 12.8. The van der Waals surface area contributed by atoms with Crippen LogP contribution in [0, 0.1) is 5.92 Å². The molecule has 0 unspecified atom stereocenters. The third-order valence-electron chi connectivity index (χ3n) is 6.67. The SMILES string of the molecule is O=C(c1ccncn1)N1CCC(CC2CC2)(c2noc(C3CCOCC3)n2)CC1. The summed E-state index contributed by atoms with van der Waals surface area (Å²) in [5.41, 5.74) is 0.368. The summed E-state index contributed by atoms with van der Waals surface area (Å²) in [5.74, 6) is 2.65. The highest BCUT2D eigenvalue weighted by molar-refractivity contribution is 5.92. The number of hydrogen-bond donors (Lipinski definition) is 0. The lowest BCUT2D eigenvalue weighted by atomic mass is 9.73. The Morgan fingerprint density at radius 1 is 1.17 bits per heavy atom. The van der Waals surface area contributed by atoms with E-state index in [0.717, 1.165) is 63.0 Å². The molecule has 3 aliphatic rings. The summed E-state index contributed by atoms with van der Waals surface area (Å²) < 4.78 is 11.2. The zero-order valence-electron chi connectivity index (χ0n) is 16.6. The highest BCUT2D eigenvalue weighted by Gasteiger charge is 2.45. The van der Waals surface area contributed by atoms with Gasteiger partial charge >= 0.3 is 0 Å². The van der Waals surface area contributed by atoms with E-state index in [1.165, 1.54) is 19.2 Å². The van der Waals surface area contributed by atoms with Gasteiger partial charge in [0.1, 0.15) is 12.0 Å². The van der Waals surface area contributed by atoms with Crippen molar-refractivity contribution in [2.45, 2.75) is 56.3 Å². The quantitative estimate of drug-likeness (QED) is 0.765. The summed E-state index contributed by atoms with van der Waals surface area (Å²) in [6.07, 6.45) is 10.3. The minimum absolute atomic E-state index is 0.0246. The number of rotatable bonds is 5. The molecule has 3 fully saturated rings. The molecule has 0 atom stereocenters. The maximum absolute atomic E-state index is 12.8. The van der Waals surface area contributed by atoms with Crippen LogP contribution in [0.15, 0.2) is 23.1 Å². The Hall–Kier alpha value is -2.35. The Morgan fingerprint density at radius 3 is 2.66 bits per heavy atom. The van der Waals surface area contributed by atoms with E-state index < -0.39 is 0 Å². The van der Waals surface area contributed by atoms with Crippen LogP contribution >= 0.6 is 0 Å². The zero-order chi connectivity index (χ0) is 19.7. The molecule has 2 saturated heterocycles. The van der Waals surface area contributed by atoms with E-state index >= 15 is 0 Å². The fourth-order valence-corrected chi connectivity index (χ4v) is 4.67. The second-order valence-electron chi connectivity index (χ2n) is 8.66. The summed E-state index contributed by atoms with van der Waals surface area (Å²) >= 11 is 0. The van der Waals surface area contributed by atoms with Gasteiger partial charge in [0, 0.05) is 43.8 Å². The second kappa shape index (κ2) is 7.82. The van der Waals surface area contributed by atoms with E-state index in [-0.39, 0.29) is 11.3 Å². The summed E-state index contributed by atoms with van der Waals surface area (Å²) in [5, 5.41) is 4.45. The normalized spacial score (nSPS) is 22.6. The summed E-state index contributed by atoms with van der Waals surface area (Å²) in [4.78, 5) is 27.6. The first kappa shape index (κ1) is 18.7. The van der Waals surface area contributed by atoms with Crippen LogP contribution in [-0.4, -0.2) is 57.2 Å². The van der Waals surface area contributed by atoms with Gasteiger partial charge in [0.15, 0.2) is 5.82 Å². The topological polar surface area (TPSA) is 94.2 Å². The fourth-order valence-electron chi connectivity index (χ4n) is 4.67. The molecule has 1 amide bonds. The van der Waals surface area contributed by atoms with Crippen LogP contribution in [0.5, 0.6) is 0 Å². The maximum Gasteiger partial charge on any atom is 0.272 e. The van der Waals surface area contributed by atoms with Crippen LogP contribution in [0.1, 0.15) is 73.1 Å². The van der Waals surface area contributed by atoms with Crippen molar-refractivity contribution >= 4 is 5.91 Å². The Balaban J connectivity index is 1.32. The number of carbonyl (C=O) groups excluding carboxylic acids is 1. The van der Waals surface area contributed by atoms with Gasteiger partial charge in [-0.2, -0.15) is 4.98 Å². The van der Waals surface area contributed by atoms with E-state index in [1.54, 1.807) is 12.3 Å². The van der Waals surface area contributed by atoms with Crippen molar-refractivity contribution < 1.29 is 14.1 Å². The van der Waals surface area contributed by atoms with E-state index in [2.05, 4.69) is 15.1 Å². The van der Waals surface area contributed by atoms with Gasteiger partial charge in [-0.15, -0.1) is 0 Å². The lowest BCUT2D eigenvalue weighted by Crippen LogP contribution is -2.46. The Morgan fingerprint density at radius 2 is 1.97 bits per heavy atom. The molecule has 1 aliphatic carbocycles. The minimum atomic E-state index is -0.0868. The molecule has 2 aromatic rings. The molecule has 8 heteroatoms. The molecule has 0 aromatic carbocycles. The van der Waals surface area contributed by atoms with Gasteiger partial charge in [0.05, 0.1) is 0 Å². The molecule has 4 heterocycles. The van der Waals surface area contributed by atoms with Crippen LogP contribution in [0.3, 0.4) is 0 Å². The standard InChI is InChI=1S/C21H27N5O3/c27-19(17-3-8-22-14-23-17)26-9-6-21(7-10-26,13-15-1-2-15)20-24-18(29-25-20)16-4-11-28-12-5-16/h3,8,14-16H,1-2,4-7,9-13H2. The first-order valence-electron chi connectivity index (χ1n) is 10.7. The molecule has 8 nitrogen and oxygen atoms in total. The van der Waals surface area contributed by atoms with Crippen molar-refractivity contribution in [3.63, 3.8) is 0 Å². The van der Waals surface area contributed by atoms with E-state index in [4.69, 9.17) is 14.2 Å². The predicted molar refractivity (Wildman–Crippen MR) is 103 cm³/mol. The Bertz CT molecular complexity index is 837. The van der Waals surface area contributed by atoms with Crippen LogP contribution in [0.2, 0.25) is 0 Å². The first-order chi connectivity index (χ1) is 14.2. The highest BCUT2D eigenvalue weighted by atomic mass is 16.5. The average Bonchev–Trinajstić information content (AvgIpc) is 3.45. The summed E-state index contributed by atoms with van der Waals surface area (Å²) in [6, 6.07) is 1.67. The van der Waals surface area contributed by atoms with Crippen molar-refractivity contribution in [1.82, 2.24) is 25.0 Å². The van der Waals surface area contributed by atoms with Gasteiger partial charge in [-0.25, -0.2) is 9.97 Å². The molecule has 0 N–H and O–H groups in total. The molecule has 29 heavy (non-hydrogen) atoms. The van der Waals surface area contributed by atoms with Crippen molar-refractivity contribution in [2.24, 2.45) is 5.92 Å². The minimum Gasteiger partial charge on any atom is -0.381 e. The average molecular weight is 397 g/mol. The van der Waals surface area contributed by atoms with Gasteiger partial charge in [0.2, 0.25) is 5.89 Å². The molecule has 2 aromatic heterocycles. The van der Waals surface area contributed by atoms with Gasteiger partial charge < -0.3 is 14.2 Å². The largest absolute Gasteiger partial charge is 0.381 e. The number of likely N-dealkylation sites (tertiary alicyclic amines) is 1. The van der Waals surface area contributed by atoms with Crippen molar-refractivity contribution in [2.75, 3.05) is 26.3 Å². The number of hydrogen-bond acceptors (Lipinski definition) is 7. The predicted octanol–water partition coefficient (Wildman–Crippen LogP) is 2.73. The number of carbonyl (C=O) groups is 1. The van der Waals surface area contributed by atoms with Crippen molar-refractivity contribution in [3.8, 4) is 0 Å². The fraction of sp³-hybridized carbons (Fsp3) is 0.667. The highest BCUT2D eigenvalue weighted by Crippen LogP contribution is 2.47. The molecule has 2 aliphatic heterocycles. The van der Waals surface area contributed by atoms with E-state index in [0.29, 0.717) is 24.7 Å². The molecule has 154 valence electrons. The van der Waals surface area contributed by atoms with Crippen LogP contribution in [0.25, 0.3) is 0 Å². The number of aromatic nitrogens is 4. The summed E-state index contributed by atoms with van der Waals surface area (Å²) in [7, 11) is 0. The first-order valence-corrected chi connectivity index (χ1v) is 10.7. The zero-order valence-corrected chi connectivity index (χ0v) is 16.6. The number of amides is 1. The van der Waals surface area contributed by atoms with E-state index in [9.17, 15) is 4.79 Å². The van der Waals surface area contributed by atoms with Gasteiger partial charge in [-0.05, 0) is 44.1 Å². The van der Waals surface area contributed by atoms with Gasteiger partial charge in [-0.3, -0.25) is 4.79 Å². The lowest BCUT2D eigenvalue weighted by Gasteiger charge is -2.40. The monoisotopic (exact) mass is 397 g/mol. The molecule has 5 rings (SSSR count). The Kier molecular flexibility index (Phi) is 5.03. The third-order valence-corrected chi connectivity index (χ3v) is 6.67. The van der Waals surface area contributed by atoms with Crippen molar-refractivity contribution in [1.29, 1.82) is 0 Å². The number of piperidine rings is 1. The second-order valence-corrected chi connectivity index (χ2v) is 8.66. The lowest BCUT2D eigenvalue weighted by molar-refractivity contribution is 0.0639. The Labute approximate surface area is 170 Å². The van der Waals surface area contributed by atoms with Crippen molar-refractivity contribution in [3.05, 3.63) is 36.0 Å². The van der Waals surface area contributed by atoms with Crippen LogP contribution in [0.4, 0.5) is 0 Å². The molecule has 1 saturated carbocycles. The molecule has 0 radical (unpaired) electrons. The molecular formula is C21H27N5O3. The van der Waals surface area contributed by atoms with Crippen LogP contribution < -0.4 is 0 Å². The van der Waals surface area contributed by atoms with Gasteiger partial charge in [-0.1, -0.05) is 18.0 Å².